The number of carbonyl (C=O) groups is 2. The molecule has 0 aliphatic rings. The van der Waals surface area contributed by atoms with Crippen LogP contribution in [0.4, 0.5) is 5.69 Å². The largest absolute Gasteiger partial charge is 0.484 e. The first-order chi connectivity index (χ1) is 13.1. The van der Waals surface area contributed by atoms with Crippen molar-refractivity contribution >= 4 is 17.4 Å². The zero-order valence-electron chi connectivity index (χ0n) is 14.7. The van der Waals surface area contributed by atoms with Gasteiger partial charge >= 0.3 is 0 Å². The molecule has 3 rings (SSSR count). The van der Waals surface area contributed by atoms with Crippen molar-refractivity contribution in [2.45, 2.75) is 6.92 Å². The molecule has 0 aliphatic heterocycles. The van der Waals surface area contributed by atoms with E-state index >= 15 is 0 Å². The highest BCUT2D eigenvalue weighted by Crippen LogP contribution is 2.21. The van der Waals surface area contributed by atoms with Crippen LogP contribution in [0.1, 0.15) is 17.3 Å². The summed E-state index contributed by atoms with van der Waals surface area (Å²) in [7, 11) is 0. The average Bonchev–Trinajstić information content (AvgIpc) is 2.68. The summed E-state index contributed by atoms with van der Waals surface area (Å²) in [5.74, 6) is 1.09. The molecule has 1 heterocycles. The van der Waals surface area contributed by atoms with Gasteiger partial charge in [0.2, 0.25) is 5.88 Å². The van der Waals surface area contributed by atoms with E-state index in [1.165, 1.54) is 6.92 Å². The Bertz CT molecular complexity index is 942. The normalized spacial score (nSPS) is 10.1. The predicted molar refractivity (Wildman–Crippen MR) is 101 cm³/mol. The lowest BCUT2D eigenvalue weighted by Gasteiger charge is -2.09. The molecule has 6 nitrogen and oxygen atoms in total. The van der Waals surface area contributed by atoms with Gasteiger partial charge in [0.15, 0.2) is 12.4 Å². The number of hydrogen-bond donors (Lipinski definition) is 1. The molecule has 1 aromatic heterocycles. The number of ether oxygens (including phenoxy) is 2. The van der Waals surface area contributed by atoms with E-state index in [1.807, 2.05) is 30.3 Å². The Morgan fingerprint density at radius 1 is 0.963 bits per heavy atom. The average molecular weight is 362 g/mol. The summed E-state index contributed by atoms with van der Waals surface area (Å²) in [6.45, 7) is 1.29. The van der Waals surface area contributed by atoms with E-state index in [-0.39, 0.29) is 18.3 Å². The SMILES string of the molecule is CC(=O)c1cccc(OCC(=O)Nc2ccnc(Oc3ccccc3)c2)c1. The van der Waals surface area contributed by atoms with E-state index < -0.39 is 0 Å². The van der Waals surface area contributed by atoms with Gasteiger partial charge < -0.3 is 14.8 Å². The van der Waals surface area contributed by atoms with Crippen LogP contribution >= 0.6 is 0 Å². The van der Waals surface area contributed by atoms with Crippen LogP contribution in [-0.4, -0.2) is 23.3 Å². The number of carbonyl (C=O) groups excluding carboxylic acids is 2. The van der Waals surface area contributed by atoms with Crippen molar-refractivity contribution in [2.24, 2.45) is 0 Å². The Hall–Kier alpha value is -3.67. The number of hydrogen-bond acceptors (Lipinski definition) is 5. The molecule has 0 saturated carbocycles. The van der Waals surface area contributed by atoms with Gasteiger partial charge in [-0.2, -0.15) is 0 Å². The minimum Gasteiger partial charge on any atom is -0.484 e. The zero-order valence-corrected chi connectivity index (χ0v) is 14.7. The summed E-state index contributed by atoms with van der Waals surface area (Å²) in [6.07, 6.45) is 1.55. The summed E-state index contributed by atoms with van der Waals surface area (Å²) >= 11 is 0. The number of ketones is 1. The van der Waals surface area contributed by atoms with Gasteiger partial charge in [0.1, 0.15) is 11.5 Å². The summed E-state index contributed by atoms with van der Waals surface area (Å²) < 4.78 is 11.1. The minimum absolute atomic E-state index is 0.0624. The number of Topliss-reactive ketones (excluding diaryl/α,β-unsaturated/α-hetero) is 1. The Morgan fingerprint density at radius 2 is 1.74 bits per heavy atom. The van der Waals surface area contributed by atoms with Crippen molar-refractivity contribution in [3.05, 3.63) is 78.5 Å². The molecule has 0 bridgehead atoms. The lowest BCUT2D eigenvalue weighted by Crippen LogP contribution is -2.20. The molecule has 0 radical (unpaired) electrons. The molecule has 27 heavy (non-hydrogen) atoms. The van der Waals surface area contributed by atoms with Crippen LogP contribution in [0.3, 0.4) is 0 Å². The highest BCUT2D eigenvalue weighted by Gasteiger charge is 2.07. The number of para-hydroxylation sites is 1. The molecule has 0 saturated heterocycles. The number of aromatic nitrogens is 1. The van der Waals surface area contributed by atoms with E-state index in [1.54, 1.807) is 42.6 Å². The Kier molecular flexibility index (Phi) is 5.79. The van der Waals surface area contributed by atoms with Gasteiger partial charge in [0.05, 0.1) is 0 Å². The molecule has 1 amide bonds. The number of nitrogens with zero attached hydrogens (tertiary/aromatic N) is 1. The maximum absolute atomic E-state index is 12.1. The molecular formula is C21H18N2O4. The molecular weight excluding hydrogens is 344 g/mol. The molecule has 6 heteroatoms. The van der Waals surface area contributed by atoms with Crippen LogP contribution in [0.15, 0.2) is 72.9 Å². The fourth-order valence-corrected chi connectivity index (χ4v) is 2.30. The first-order valence-electron chi connectivity index (χ1n) is 8.33. The minimum atomic E-state index is -0.333. The lowest BCUT2D eigenvalue weighted by molar-refractivity contribution is -0.118. The third-order valence-corrected chi connectivity index (χ3v) is 3.59. The van der Waals surface area contributed by atoms with Crippen LogP contribution < -0.4 is 14.8 Å². The maximum Gasteiger partial charge on any atom is 0.262 e. The molecule has 3 aromatic rings. The number of pyridine rings is 1. The first kappa shape index (κ1) is 18.1. The molecule has 0 unspecified atom stereocenters. The van der Waals surface area contributed by atoms with E-state index in [4.69, 9.17) is 9.47 Å². The van der Waals surface area contributed by atoms with E-state index in [0.29, 0.717) is 28.6 Å². The maximum atomic E-state index is 12.1. The fraction of sp³-hybridized carbons (Fsp3) is 0.0952. The summed E-state index contributed by atoms with van der Waals surface area (Å²) in [6, 6.07) is 19.2. The van der Waals surface area contributed by atoms with Crippen molar-refractivity contribution in [3.8, 4) is 17.4 Å². The Labute approximate surface area is 156 Å². The molecule has 0 aliphatic carbocycles. The topological polar surface area (TPSA) is 77.5 Å². The van der Waals surface area contributed by atoms with Gasteiger partial charge in [-0.15, -0.1) is 0 Å². The summed E-state index contributed by atoms with van der Waals surface area (Å²) in [4.78, 5) is 27.6. The second-order valence-electron chi connectivity index (χ2n) is 5.72. The van der Waals surface area contributed by atoms with Crippen molar-refractivity contribution in [2.75, 3.05) is 11.9 Å². The van der Waals surface area contributed by atoms with E-state index in [9.17, 15) is 9.59 Å². The number of anilines is 1. The van der Waals surface area contributed by atoms with Gasteiger partial charge in [-0.3, -0.25) is 9.59 Å². The molecule has 1 N–H and O–H groups in total. The molecule has 0 spiro atoms. The second-order valence-corrected chi connectivity index (χ2v) is 5.72. The third-order valence-electron chi connectivity index (χ3n) is 3.59. The number of rotatable bonds is 7. The lowest BCUT2D eigenvalue weighted by atomic mass is 10.1. The van der Waals surface area contributed by atoms with Gasteiger partial charge in [0.25, 0.3) is 5.91 Å². The van der Waals surface area contributed by atoms with Gasteiger partial charge in [-0.1, -0.05) is 30.3 Å². The third kappa shape index (κ3) is 5.40. The van der Waals surface area contributed by atoms with Crippen molar-refractivity contribution in [1.29, 1.82) is 0 Å². The van der Waals surface area contributed by atoms with Crippen LogP contribution in [0, 0.1) is 0 Å². The smallest absolute Gasteiger partial charge is 0.262 e. The fourth-order valence-electron chi connectivity index (χ4n) is 2.30. The van der Waals surface area contributed by atoms with Gasteiger partial charge in [-0.05, 0) is 37.3 Å². The molecule has 0 fully saturated rings. The molecule has 0 atom stereocenters. The second kappa shape index (κ2) is 8.62. The van der Waals surface area contributed by atoms with Crippen molar-refractivity contribution < 1.29 is 19.1 Å². The highest BCUT2D eigenvalue weighted by atomic mass is 16.5. The van der Waals surface area contributed by atoms with Crippen LogP contribution in [-0.2, 0) is 4.79 Å². The monoisotopic (exact) mass is 362 g/mol. The van der Waals surface area contributed by atoms with E-state index in [2.05, 4.69) is 10.3 Å². The first-order valence-corrected chi connectivity index (χ1v) is 8.33. The number of benzene rings is 2. The van der Waals surface area contributed by atoms with E-state index in [0.717, 1.165) is 0 Å². The summed E-state index contributed by atoms with van der Waals surface area (Å²) in [5, 5.41) is 2.72. The molecule has 136 valence electrons. The van der Waals surface area contributed by atoms with Gasteiger partial charge in [0, 0.05) is 23.5 Å². The summed E-state index contributed by atoms with van der Waals surface area (Å²) in [5.41, 5.74) is 1.08. The van der Waals surface area contributed by atoms with Gasteiger partial charge in [-0.25, -0.2) is 4.98 Å². The molecule has 2 aromatic carbocycles. The highest BCUT2D eigenvalue weighted by molar-refractivity contribution is 5.94. The Morgan fingerprint density at radius 3 is 2.52 bits per heavy atom. The number of amides is 1. The van der Waals surface area contributed by atoms with Crippen LogP contribution in [0.5, 0.6) is 17.4 Å². The zero-order chi connectivity index (χ0) is 19.1. The standard InChI is InChI=1S/C21H18N2O4/c1-15(24)16-6-5-9-19(12-16)26-14-20(25)23-17-10-11-22-21(13-17)27-18-7-3-2-4-8-18/h2-13H,14H2,1H3,(H,22,23,25). The van der Waals surface area contributed by atoms with Crippen molar-refractivity contribution in [3.63, 3.8) is 0 Å². The quantitative estimate of drug-likeness (QED) is 0.641. The van der Waals surface area contributed by atoms with Crippen molar-refractivity contribution in [1.82, 2.24) is 4.98 Å². The Balaban J connectivity index is 1.57. The predicted octanol–water partition coefficient (Wildman–Crippen LogP) is 4.09. The number of nitrogens with one attached hydrogen (secondary N) is 1. The van der Waals surface area contributed by atoms with Crippen LogP contribution in [0.2, 0.25) is 0 Å². The van der Waals surface area contributed by atoms with Crippen LogP contribution in [0.25, 0.3) is 0 Å².